The van der Waals surface area contributed by atoms with E-state index in [-0.39, 0.29) is 11.9 Å². The van der Waals surface area contributed by atoms with Gasteiger partial charge >= 0.3 is 0 Å². The van der Waals surface area contributed by atoms with Crippen molar-refractivity contribution in [3.05, 3.63) is 34.1 Å². The molecular weight excluding hydrogens is 247 g/mol. The van der Waals surface area contributed by atoms with Gasteiger partial charge in [0.1, 0.15) is 5.82 Å². The van der Waals surface area contributed by atoms with Gasteiger partial charge in [-0.2, -0.15) is 0 Å². The number of hydrogen-bond donors (Lipinski definition) is 2. The molecular formula is C10H14BrFN2. The molecule has 4 N–H and O–H groups in total. The lowest BCUT2D eigenvalue weighted by Crippen LogP contribution is -2.12. The predicted molar refractivity (Wildman–Crippen MR) is 59.3 cm³/mol. The highest BCUT2D eigenvalue weighted by Crippen LogP contribution is 2.21. The van der Waals surface area contributed by atoms with Gasteiger partial charge in [-0.25, -0.2) is 4.39 Å². The van der Waals surface area contributed by atoms with E-state index in [0.717, 1.165) is 18.4 Å². The Bertz CT molecular complexity index is 304. The minimum atomic E-state index is -0.273. The van der Waals surface area contributed by atoms with Crippen molar-refractivity contribution < 1.29 is 4.39 Å². The van der Waals surface area contributed by atoms with E-state index in [9.17, 15) is 4.39 Å². The summed E-state index contributed by atoms with van der Waals surface area (Å²) in [5, 5.41) is 0. The normalized spacial score (nSPS) is 12.9. The van der Waals surface area contributed by atoms with Gasteiger partial charge in [0.25, 0.3) is 0 Å². The lowest BCUT2D eigenvalue weighted by atomic mass is 10.0. The summed E-state index contributed by atoms with van der Waals surface area (Å²) >= 11 is 3.10. The van der Waals surface area contributed by atoms with Crippen molar-refractivity contribution in [1.29, 1.82) is 0 Å². The molecule has 0 fully saturated rings. The van der Waals surface area contributed by atoms with Crippen LogP contribution in [0, 0.1) is 5.82 Å². The summed E-state index contributed by atoms with van der Waals surface area (Å²) in [4.78, 5) is 0. The SMILES string of the molecule is NCCC[C@H](N)c1ccc(Br)c(F)c1. The van der Waals surface area contributed by atoms with Crippen molar-refractivity contribution in [1.82, 2.24) is 0 Å². The first-order valence-electron chi connectivity index (χ1n) is 4.55. The maximum Gasteiger partial charge on any atom is 0.137 e. The third-order valence-corrected chi connectivity index (χ3v) is 2.73. The molecule has 0 unspecified atom stereocenters. The van der Waals surface area contributed by atoms with Crippen LogP contribution in [0.3, 0.4) is 0 Å². The van der Waals surface area contributed by atoms with Crippen molar-refractivity contribution in [2.75, 3.05) is 6.54 Å². The number of hydrogen-bond acceptors (Lipinski definition) is 2. The van der Waals surface area contributed by atoms with Crippen LogP contribution in [0.15, 0.2) is 22.7 Å². The predicted octanol–water partition coefficient (Wildman–Crippen LogP) is 2.33. The Hall–Kier alpha value is -0.450. The highest BCUT2D eigenvalue weighted by molar-refractivity contribution is 9.10. The third-order valence-electron chi connectivity index (χ3n) is 2.09. The summed E-state index contributed by atoms with van der Waals surface area (Å²) in [5.74, 6) is -0.273. The summed E-state index contributed by atoms with van der Waals surface area (Å²) in [6.07, 6.45) is 1.65. The Balaban J connectivity index is 2.70. The van der Waals surface area contributed by atoms with E-state index < -0.39 is 0 Å². The zero-order valence-electron chi connectivity index (χ0n) is 7.84. The van der Waals surface area contributed by atoms with Gasteiger partial charge in [-0.1, -0.05) is 6.07 Å². The average molecular weight is 261 g/mol. The van der Waals surface area contributed by atoms with E-state index >= 15 is 0 Å². The monoisotopic (exact) mass is 260 g/mol. The van der Waals surface area contributed by atoms with Crippen molar-refractivity contribution >= 4 is 15.9 Å². The van der Waals surface area contributed by atoms with Crippen LogP contribution in [-0.2, 0) is 0 Å². The summed E-state index contributed by atoms with van der Waals surface area (Å²) in [6.45, 7) is 0.618. The van der Waals surface area contributed by atoms with Crippen LogP contribution in [0.1, 0.15) is 24.4 Å². The molecule has 1 aromatic rings. The van der Waals surface area contributed by atoms with Gasteiger partial charge < -0.3 is 11.5 Å². The Morgan fingerprint density at radius 2 is 2.14 bits per heavy atom. The topological polar surface area (TPSA) is 52.0 Å². The molecule has 0 saturated carbocycles. The Morgan fingerprint density at radius 3 is 2.71 bits per heavy atom. The maximum atomic E-state index is 13.1. The lowest BCUT2D eigenvalue weighted by Gasteiger charge is -2.11. The van der Waals surface area contributed by atoms with Crippen LogP contribution in [0.4, 0.5) is 4.39 Å². The zero-order valence-corrected chi connectivity index (χ0v) is 9.43. The van der Waals surface area contributed by atoms with Gasteiger partial charge in [0.2, 0.25) is 0 Å². The molecule has 0 aliphatic heterocycles. The van der Waals surface area contributed by atoms with Crippen LogP contribution in [0.25, 0.3) is 0 Å². The number of rotatable bonds is 4. The number of benzene rings is 1. The first-order chi connectivity index (χ1) is 6.65. The van der Waals surface area contributed by atoms with Crippen molar-refractivity contribution in [3.8, 4) is 0 Å². The molecule has 1 atom stereocenters. The van der Waals surface area contributed by atoms with Crippen LogP contribution in [0.2, 0.25) is 0 Å². The largest absolute Gasteiger partial charge is 0.330 e. The average Bonchev–Trinajstić information content (AvgIpc) is 2.18. The maximum absolute atomic E-state index is 13.1. The van der Waals surface area contributed by atoms with Gasteiger partial charge in [-0.15, -0.1) is 0 Å². The molecule has 1 aromatic carbocycles. The smallest absolute Gasteiger partial charge is 0.137 e. The van der Waals surface area contributed by atoms with E-state index in [1.807, 2.05) is 6.07 Å². The molecule has 0 spiro atoms. The molecule has 0 saturated heterocycles. The number of nitrogens with two attached hydrogens (primary N) is 2. The molecule has 0 amide bonds. The quantitative estimate of drug-likeness (QED) is 0.873. The standard InChI is InChI=1S/C10H14BrFN2/c11-8-4-3-7(6-9(8)12)10(14)2-1-5-13/h3-4,6,10H,1-2,5,13-14H2/t10-/m0/s1. The molecule has 0 aliphatic rings. The molecule has 1 rings (SSSR count). The molecule has 0 aromatic heterocycles. The molecule has 0 heterocycles. The third kappa shape index (κ3) is 3.04. The minimum absolute atomic E-state index is 0.124. The summed E-state index contributed by atoms with van der Waals surface area (Å²) < 4.78 is 13.6. The van der Waals surface area contributed by atoms with Crippen molar-refractivity contribution in [2.24, 2.45) is 11.5 Å². The van der Waals surface area contributed by atoms with Crippen molar-refractivity contribution in [2.45, 2.75) is 18.9 Å². The molecule has 0 aliphatic carbocycles. The van der Waals surface area contributed by atoms with Gasteiger partial charge in [0.15, 0.2) is 0 Å². The molecule has 78 valence electrons. The Morgan fingerprint density at radius 1 is 1.43 bits per heavy atom. The highest BCUT2D eigenvalue weighted by Gasteiger charge is 2.07. The van der Waals surface area contributed by atoms with E-state index in [4.69, 9.17) is 11.5 Å². The van der Waals surface area contributed by atoms with E-state index in [0.29, 0.717) is 11.0 Å². The lowest BCUT2D eigenvalue weighted by molar-refractivity contribution is 0.593. The van der Waals surface area contributed by atoms with Crippen LogP contribution >= 0.6 is 15.9 Å². The Kier molecular flexibility index (Phi) is 4.51. The summed E-state index contributed by atoms with van der Waals surface area (Å²) in [6, 6.07) is 4.84. The zero-order chi connectivity index (χ0) is 10.6. The summed E-state index contributed by atoms with van der Waals surface area (Å²) in [5.41, 5.74) is 12.1. The first-order valence-corrected chi connectivity index (χ1v) is 5.35. The first kappa shape index (κ1) is 11.6. The molecule has 4 heteroatoms. The van der Waals surface area contributed by atoms with Gasteiger partial charge in [-0.3, -0.25) is 0 Å². The fourth-order valence-corrected chi connectivity index (χ4v) is 1.49. The Labute approximate surface area is 91.6 Å². The molecule has 0 bridgehead atoms. The molecule has 2 nitrogen and oxygen atoms in total. The number of halogens is 2. The van der Waals surface area contributed by atoms with E-state index in [1.54, 1.807) is 6.07 Å². The highest BCUT2D eigenvalue weighted by atomic mass is 79.9. The second-order valence-electron chi connectivity index (χ2n) is 3.21. The van der Waals surface area contributed by atoms with E-state index in [1.165, 1.54) is 6.07 Å². The minimum Gasteiger partial charge on any atom is -0.330 e. The van der Waals surface area contributed by atoms with Gasteiger partial charge in [-0.05, 0) is 53.0 Å². The fourth-order valence-electron chi connectivity index (χ4n) is 1.25. The molecule has 14 heavy (non-hydrogen) atoms. The van der Waals surface area contributed by atoms with Crippen LogP contribution in [-0.4, -0.2) is 6.54 Å². The van der Waals surface area contributed by atoms with Crippen LogP contribution in [0.5, 0.6) is 0 Å². The fraction of sp³-hybridized carbons (Fsp3) is 0.400. The summed E-state index contributed by atoms with van der Waals surface area (Å²) in [7, 11) is 0. The van der Waals surface area contributed by atoms with Crippen molar-refractivity contribution in [3.63, 3.8) is 0 Å². The second kappa shape index (κ2) is 5.44. The van der Waals surface area contributed by atoms with Gasteiger partial charge in [0.05, 0.1) is 4.47 Å². The van der Waals surface area contributed by atoms with Gasteiger partial charge in [0, 0.05) is 6.04 Å². The molecule has 0 radical (unpaired) electrons. The second-order valence-corrected chi connectivity index (χ2v) is 4.07. The van der Waals surface area contributed by atoms with Crippen LogP contribution < -0.4 is 11.5 Å². The van der Waals surface area contributed by atoms with E-state index in [2.05, 4.69) is 15.9 Å².